The van der Waals surface area contributed by atoms with Crippen molar-refractivity contribution in [3.05, 3.63) is 42.5 Å². The Morgan fingerprint density at radius 3 is 2.71 bits per heavy atom. The second kappa shape index (κ2) is 7.59. The average molecular weight is 287 g/mol. The zero-order chi connectivity index (χ0) is 15.1. The van der Waals surface area contributed by atoms with Crippen molar-refractivity contribution in [3.63, 3.8) is 0 Å². The Kier molecular flexibility index (Phi) is 5.51. The molecular formula is C16H21N3O2. The predicted molar refractivity (Wildman–Crippen MR) is 83.2 cm³/mol. The Morgan fingerprint density at radius 1 is 1.33 bits per heavy atom. The molecule has 1 atom stereocenters. The number of carbonyl (C=O) groups excluding carboxylic acids is 2. The van der Waals surface area contributed by atoms with Gasteiger partial charge < -0.3 is 16.0 Å². The van der Waals surface area contributed by atoms with Crippen LogP contribution in [0.15, 0.2) is 36.9 Å². The number of amides is 2. The summed E-state index contributed by atoms with van der Waals surface area (Å²) in [5, 5.41) is 8.83. The average Bonchev–Trinajstić information content (AvgIpc) is 2.54. The second-order valence-corrected chi connectivity index (χ2v) is 5.11. The molecule has 21 heavy (non-hydrogen) atoms. The molecule has 112 valence electrons. The molecule has 0 unspecified atom stereocenters. The number of rotatable bonds is 5. The maximum absolute atomic E-state index is 12.1. The van der Waals surface area contributed by atoms with E-state index in [1.807, 2.05) is 0 Å². The molecule has 0 radical (unpaired) electrons. The van der Waals surface area contributed by atoms with Crippen molar-refractivity contribution >= 4 is 17.5 Å². The summed E-state index contributed by atoms with van der Waals surface area (Å²) in [4.78, 5) is 23.8. The van der Waals surface area contributed by atoms with Crippen LogP contribution in [0.1, 0.15) is 23.2 Å². The van der Waals surface area contributed by atoms with E-state index < -0.39 is 0 Å². The monoisotopic (exact) mass is 287 g/mol. The van der Waals surface area contributed by atoms with Gasteiger partial charge in [-0.15, -0.1) is 6.58 Å². The third-order valence-electron chi connectivity index (χ3n) is 3.49. The van der Waals surface area contributed by atoms with E-state index in [0.29, 0.717) is 17.8 Å². The molecule has 0 aromatic heterocycles. The number of hydrogen-bond donors (Lipinski definition) is 3. The molecule has 1 fully saturated rings. The first kappa shape index (κ1) is 15.3. The minimum atomic E-state index is -0.149. The number of carbonyl (C=O) groups is 2. The highest BCUT2D eigenvalue weighted by Gasteiger charge is 2.20. The molecule has 1 saturated heterocycles. The molecule has 1 aliphatic rings. The minimum absolute atomic E-state index is 0.0225. The zero-order valence-electron chi connectivity index (χ0n) is 12.0. The van der Waals surface area contributed by atoms with E-state index in [4.69, 9.17) is 0 Å². The fraction of sp³-hybridized carbons (Fsp3) is 0.375. The molecule has 0 spiro atoms. The Morgan fingerprint density at radius 2 is 2.10 bits per heavy atom. The second-order valence-electron chi connectivity index (χ2n) is 5.11. The van der Waals surface area contributed by atoms with E-state index in [9.17, 15) is 9.59 Å². The topological polar surface area (TPSA) is 70.2 Å². The number of piperidine rings is 1. The van der Waals surface area contributed by atoms with Crippen molar-refractivity contribution < 1.29 is 9.59 Å². The quantitative estimate of drug-likeness (QED) is 0.719. The van der Waals surface area contributed by atoms with Crippen molar-refractivity contribution in [2.24, 2.45) is 5.92 Å². The number of anilines is 1. The molecule has 0 bridgehead atoms. The highest BCUT2D eigenvalue weighted by Crippen LogP contribution is 2.15. The van der Waals surface area contributed by atoms with E-state index >= 15 is 0 Å². The SMILES string of the molecule is C=CCNC(=O)c1ccc(NC(=O)[C@H]2CCCNC2)cc1. The van der Waals surface area contributed by atoms with E-state index in [0.717, 1.165) is 25.9 Å². The summed E-state index contributed by atoms with van der Waals surface area (Å²) in [7, 11) is 0. The minimum Gasteiger partial charge on any atom is -0.349 e. The van der Waals surface area contributed by atoms with E-state index in [1.165, 1.54) is 0 Å². The van der Waals surface area contributed by atoms with Gasteiger partial charge >= 0.3 is 0 Å². The molecule has 2 rings (SSSR count). The molecule has 5 nitrogen and oxygen atoms in total. The van der Waals surface area contributed by atoms with Gasteiger partial charge in [0.1, 0.15) is 0 Å². The van der Waals surface area contributed by atoms with Crippen LogP contribution >= 0.6 is 0 Å². The summed E-state index contributed by atoms with van der Waals surface area (Å²) in [6.07, 6.45) is 3.58. The number of benzene rings is 1. The third kappa shape index (κ3) is 4.43. The zero-order valence-corrected chi connectivity index (χ0v) is 12.0. The van der Waals surface area contributed by atoms with Crippen molar-refractivity contribution in [3.8, 4) is 0 Å². The van der Waals surface area contributed by atoms with Gasteiger partial charge in [0.15, 0.2) is 0 Å². The summed E-state index contributed by atoms with van der Waals surface area (Å²) in [6, 6.07) is 6.90. The molecular weight excluding hydrogens is 266 g/mol. The summed E-state index contributed by atoms with van der Waals surface area (Å²) in [5.41, 5.74) is 1.28. The summed E-state index contributed by atoms with van der Waals surface area (Å²) in [6.45, 7) is 5.70. The third-order valence-corrected chi connectivity index (χ3v) is 3.49. The van der Waals surface area contributed by atoms with Crippen LogP contribution in [-0.2, 0) is 4.79 Å². The lowest BCUT2D eigenvalue weighted by Gasteiger charge is -2.21. The molecule has 1 aromatic carbocycles. The normalized spacial score (nSPS) is 17.8. The lowest BCUT2D eigenvalue weighted by atomic mass is 9.99. The number of nitrogens with one attached hydrogen (secondary N) is 3. The van der Waals surface area contributed by atoms with Crippen LogP contribution < -0.4 is 16.0 Å². The van der Waals surface area contributed by atoms with Crippen LogP contribution in [0.3, 0.4) is 0 Å². The van der Waals surface area contributed by atoms with Gasteiger partial charge in [-0.1, -0.05) is 6.08 Å². The van der Waals surface area contributed by atoms with Crippen LogP contribution in [0.2, 0.25) is 0 Å². The molecule has 1 aliphatic heterocycles. The van der Waals surface area contributed by atoms with Gasteiger partial charge in [-0.3, -0.25) is 9.59 Å². The molecule has 3 N–H and O–H groups in total. The predicted octanol–water partition coefficient (Wildman–Crippen LogP) is 1.54. The van der Waals surface area contributed by atoms with Gasteiger partial charge in [-0.05, 0) is 43.7 Å². The molecule has 1 heterocycles. The van der Waals surface area contributed by atoms with E-state index in [2.05, 4.69) is 22.5 Å². The summed E-state index contributed by atoms with van der Waals surface area (Å²) < 4.78 is 0. The van der Waals surface area contributed by atoms with Crippen LogP contribution in [0.25, 0.3) is 0 Å². The highest BCUT2D eigenvalue weighted by molar-refractivity contribution is 5.96. The van der Waals surface area contributed by atoms with Gasteiger partial charge in [0, 0.05) is 24.3 Å². The van der Waals surface area contributed by atoms with Gasteiger partial charge in [0.05, 0.1) is 5.92 Å². The summed E-state index contributed by atoms with van der Waals surface area (Å²) >= 11 is 0. The first-order valence-electron chi connectivity index (χ1n) is 7.21. The standard InChI is InChI=1S/C16H21N3O2/c1-2-9-18-15(20)12-5-7-14(8-6-12)19-16(21)13-4-3-10-17-11-13/h2,5-8,13,17H,1,3-4,9-11H2,(H,18,20)(H,19,21)/t13-/m0/s1. The molecule has 0 aliphatic carbocycles. The van der Waals surface area contributed by atoms with Crippen LogP contribution in [0.4, 0.5) is 5.69 Å². The van der Waals surface area contributed by atoms with Crippen molar-refractivity contribution in [2.45, 2.75) is 12.8 Å². The molecule has 2 amide bonds. The van der Waals surface area contributed by atoms with Crippen molar-refractivity contribution in [1.29, 1.82) is 0 Å². The smallest absolute Gasteiger partial charge is 0.251 e. The fourth-order valence-electron chi connectivity index (χ4n) is 2.29. The van der Waals surface area contributed by atoms with Gasteiger partial charge in [0.2, 0.25) is 5.91 Å². The van der Waals surface area contributed by atoms with Crippen LogP contribution in [-0.4, -0.2) is 31.4 Å². The molecule has 1 aromatic rings. The largest absolute Gasteiger partial charge is 0.349 e. The Balaban J connectivity index is 1.91. The van der Waals surface area contributed by atoms with Crippen molar-refractivity contribution in [2.75, 3.05) is 25.0 Å². The van der Waals surface area contributed by atoms with Crippen molar-refractivity contribution in [1.82, 2.24) is 10.6 Å². The van der Waals surface area contributed by atoms with E-state index in [1.54, 1.807) is 30.3 Å². The lowest BCUT2D eigenvalue weighted by Crippen LogP contribution is -2.37. The number of hydrogen-bond acceptors (Lipinski definition) is 3. The summed E-state index contributed by atoms with van der Waals surface area (Å²) in [5.74, 6) is -0.0929. The molecule has 0 saturated carbocycles. The Hall–Kier alpha value is -2.14. The van der Waals surface area contributed by atoms with Crippen LogP contribution in [0.5, 0.6) is 0 Å². The van der Waals surface area contributed by atoms with Gasteiger partial charge in [-0.2, -0.15) is 0 Å². The lowest BCUT2D eigenvalue weighted by molar-refractivity contribution is -0.120. The Bertz CT molecular complexity index is 505. The van der Waals surface area contributed by atoms with Gasteiger partial charge in [-0.25, -0.2) is 0 Å². The Labute approximate surface area is 124 Å². The maximum atomic E-state index is 12.1. The highest BCUT2D eigenvalue weighted by atomic mass is 16.2. The first-order valence-corrected chi connectivity index (χ1v) is 7.21. The molecule has 5 heteroatoms. The fourth-order valence-corrected chi connectivity index (χ4v) is 2.29. The van der Waals surface area contributed by atoms with E-state index in [-0.39, 0.29) is 17.7 Å². The maximum Gasteiger partial charge on any atom is 0.251 e. The van der Waals surface area contributed by atoms with Crippen LogP contribution in [0, 0.1) is 5.92 Å². The first-order chi connectivity index (χ1) is 10.2. The van der Waals surface area contributed by atoms with Gasteiger partial charge in [0.25, 0.3) is 5.91 Å².